The van der Waals surface area contributed by atoms with Crippen LogP contribution >= 0.6 is 0 Å². The number of benzene rings is 3. The van der Waals surface area contributed by atoms with Crippen LogP contribution in [0.1, 0.15) is 43.4 Å². The summed E-state index contributed by atoms with van der Waals surface area (Å²) in [5.74, 6) is -0.545. The normalized spacial score (nSPS) is 12.2. The largest absolute Gasteiger partial charge is 0.357 e. The second kappa shape index (κ2) is 12.1. The van der Waals surface area contributed by atoms with Gasteiger partial charge in [-0.3, -0.25) is 13.9 Å². The van der Waals surface area contributed by atoms with Gasteiger partial charge in [-0.1, -0.05) is 74.0 Å². The lowest BCUT2D eigenvalue weighted by atomic mass is 10.0. The Kier molecular flexibility index (Phi) is 9.10. The van der Waals surface area contributed by atoms with E-state index in [1.165, 1.54) is 24.1 Å². The lowest BCUT2D eigenvalue weighted by Crippen LogP contribution is -2.50. The molecule has 0 aliphatic carbocycles. The van der Waals surface area contributed by atoms with Gasteiger partial charge >= 0.3 is 0 Å². The van der Waals surface area contributed by atoms with Crippen molar-refractivity contribution in [2.45, 2.75) is 51.1 Å². The average Bonchev–Trinajstić information content (AvgIpc) is 2.90. The molecule has 2 amide bonds. The van der Waals surface area contributed by atoms with Gasteiger partial charge in [0, 0.05) is 13.6 Å². The summed E-state index contributed by atoms with van der Waals surface area (Å²) in [7, 11) is -2.55. The fourth-order valence-corrected chi connectivity index (χ4v) is 5.39. The van der Waals surface area contributed by atoms with Gasteiger partial charge in [0.1, 0.15) is 12.6 Å². The Morgan fingerprint density at radius 3 is 2.00 bits per heavy atom. The van der Waals surface area contributed by atoms with Crippen LogP contribution in [0.2, 0.25) is 0 Å². The molecule has 3 aromatic rings. The van der Waals surface area contributed by atoms with Crippen molar-refractivity contribution in [3.8, 4) is 0 Å². The fraction of sp³-hybridized carbons (Fsp3) is 0.310. The number of nitrogens with zero attached hydrogens (tertiary/aromatic N) is 2. The minimum absolute atomic E-state index is 0.0835. The van der Waals surface area contributed by atoms with E-state index < -0.39 is 28.5 Å². The lowest BCUT2D eigenvalue weighted by molar-refractivity contribution is -0.139. The molecule has 7 nitrogen and oxygen atoms in total. The monoisotopic (exact) mass is 521 g/mol. The van der Waals surface area contributed by atoms with Crippen LogP contribution in [-0.2, 0) is 26.2 Å². The van der Waals surface area contributed by atoms with Crippen LogP contribution < -0.4 is 9.62 Å². The van der Waals surface area contributed by atoms with Gasteiger partial charge in [0.25, 0.3) is 10.0 Å². The van der Waals surface area contributed by atoms with E-state index >= 15 is 0 Å². The third-order valence-corrected chi connectivity index (χ3v) is 8.13. The molecule has 1 N–H and O–H groups in total. The van der Waals surface area contributed by atoms with Gasteiger partial charge in [-0.25, -0.2) is 8.42 Å². The number of carbonyl (C=O) groups excluding carboxylic acids is 2. The zero-order valence-corrected chi connectivity index (χ0v) is 22.8. The molecule has 0 saturated heterocycles. The smallest absolute Gasteiger partial charge is 0.264 e. The molecule has 0 aliphatic rings. The zero-order chi connectivity index (χ0) is 27.2. The quantitative estimate of drug-likeness (QED) is 0.426. The Morgan fingerprint density at radius 2 is 1.46 bits per heavy atom. The molecule has 1 atom stereocenters. The van der Waals surface area contributed by atoms with E-state index in [0.717, 1.165) is 21.0 Å². The number of likely N-dealkylation sites (N-methyl/N-ethyl adjacent to an activating group) is 1. The first kappa shape index (κ1) is 27.9. The van der Waals surface area contributed by atoms with Gasteiger partial charge < -0.3 is 10.2 Å². The Bertz CT molecular complexity index is 1310. The third kappa shape index (κ3) is 6.77. The summed E-state index contributed by atoms with van der Waals surface area (Å²) in [5.41, 5.74) is 3.35. The van der Waals surface area contributed by atoms with Crippen molar-refractivity contribution in [2.24, 2.45) is 0 Å². The number of sulfonamides is 1. The number of amides is 2. The molecular weight excluding hydrogens is 486 g/mol. The molecule has 0 radical (unpaired) electrons. The number of rotatable bonds is 10. The lowest BCUT2D eigenvalue weighted by Gasteiger charge is -2.32. The summed E-state index contributed by atoms with van der Waals surface area (Å²) in [6.07, 6.45) is 0. The highest BCUT2D eigenvalue weighted by Crippen LogP contribution is 2.26. The van der Waals surface area contributed by atoms with Crippen molar-refractivity contribution in [3.05, 3.63) is 95.6 Å². The maximum Gasteiger partial charge on any atom is 0.264 e. The van der Waals surface area contributed by atoms with Crippen molar-refractivity contribution in [3.63, 3.8) is 0 Å². The van der Waals surface area contributed by atoms with E-state index in [-0.39, 0.29) is 23.3 Å². The first-order chi connectivity index (χ1) is 17.5. The highest BCUT2D eigenvalue weighted by atomic mass is 32.2. The molecule has 0 bridgehead atoms. The van der Waals surface area contributed by atoms with Crippen molar-refractivity contribution < 1.29 is 18.0 Å². The zero-order valence-electron chi connectivity index (χ0n) is 22.0. The maximum atomic E-state index is 13.8. The van der Waals surface area contributed by atoms with E-state index in [4.69, 9.17) is 0 Å². The average molecular weight is 522 g/mol. The SMILES string of the molecule is CNC(=O)[C@H](C)N(Cc1ccc(C)cc1)C(=O)CN(c1ccc(C(C)C)cc1)S(=O)(=O)c1ccccc1. The summed E-state index contributed by atoms with van der Waals surface area (Å²) in [5, 5.41) is 2.59. The van der Waals surface area contributed by atoms with Gasteiger partial charge in [0.05, 0.1) is 10.6 Å². The van der Waals surface area contributed by atoms with E-state index in [1.807, 2.05) is 43.3 Å². The van der Waals surface area contributed by atoms with Crippen LogP contribution in [0.3, 0.4) is 0 Å². The maximum absolute atomic E-state index is 13.8. The molecule has 0 unspecified atom stereocenters. The van der Waals surface area contributed by atoms with E-state index in [9.17, 15) is 18.0 Å². The predicted octanol–water partition coefficient (Wildman–Crippen LogP) is 4.48. The van der Waals surface area contributed by atoms with E-state index in [2.05, 4.69) is 19.2 Å². The van der Waals surface area contributed by atoms with Gasteiger partial charge in [-0.2, -0.15) is 0 Å². The number of hydrogen-bond acceptors (Lipinski definition) is 4. The molecule has 37 heavy (non-hydrogen) atoms. The summed E-state index contributed by atoms with van der Waals surface area (Å²) in [6, 6.07) is 22.1. The second-order valence-corrected chi connectivity index (χ2v) is 11.2. The second-order valence-electron chi connectivity index (χ2n) is 9.37. The first-order valence-corrected chi connectivity index (χ1v) is 13.7. The Balaban J connectivity index is 2.02. The van der Waals surface area contributed by atoms with Crippen molar-refractivity contribution >= 4 is 27.5 Å². The van der Waals surface area contributed by atoms with Crippen LogP contribution in [0.25, 0.3) is 0 Å². The minimum Gasteiger partial charge on any atom is -0.357 e. The number of nitrogens with one attached hydrogen (secondary N) is 1. The number of hydrogen-bond donors (Lipinski definition) is 1. The molecule has 0 aromatic heterocycles. The third-order valence-electron chi connectivity index (χ3n) is 6.35. The van der Waals surface area contributed by atoms with Gasteiger partial charge in [-0.05, 0) is 55.2 Å². The fourth-order valence-electron chi connectivity index (χ4n) is 3.96. The summed E-state index contributed by atoms with van der Waals surface area (Å²) >= 11 is 0. The highest BCUT2D eigenvalue weighted by Gasteiger charge is 2.32. The van der Waals surface area contributed by atoms with Crippen LogP contribution in [0.4, 0.5) is 5.69 Å². The number of carbonyl (C=O) groups is 2. The summed E-state index contributed by atoms with van der Waals surface area (Å²) in [6.45, 7) is 7.43. The van der Waals surface area contributed by atoms with Crippen LogP contribution in [0.15, 0.2) is 83.8 Å². The molecule has 0 spiro atoms. The van der Waals surface area contributed by atoms with Gasteiger partial charge in [-0.15, -0.1) is 0 Å². The van der Waals surface area contributed by atoms with Gasteiger partial charge in [0.15, 0.2) is 0 Å². The Morgan fingerprint density at radius 1 is 0.865 bits per heavy atom. The molecule has 0 saturated carbocycles. The molecule has 3 rings (SSSR count). The van der Waals surface area contributed by atoms with Gasteiger partial charge in [0.2, 0.25) is 11.8 Å². The first-order valence-electron chi connectivity index (χ1n) is 12.3. The highest BCUT2D eigenvalue weighted by molar-refractivity contribution is 7.92. The topological polar surface area (TPSA) is 86.8 Å². The number of anilines is 1. The van der Waals surface area contributed by atoms with E-state index in [0.29, 0.717) is 5.69 Å². The Labute approximate surface area is 220 Å². The molecule has 196 valence electrons. The summed E-state index contributed by atoms with van der Waals surface area (Å²) in [4.78, 5) is 27.8. The van der Waals surface area contributed by atoms with Crippen LogP contribution in [-0.4, -0.2) is 44.8 Å². The molecular formula is C29H35N3O4S. The van der Waals surface area contributed by atoms with Crippen LogP contribution in [0, 0.1) is 6.92 Å². The molecule has 3 aromatic carbocycles. The summed E-state index contributed by atoms with van der Waals surface area (Å²) < 4.78 is 28.6. The van der Waals surface area contributed by atoms with Crippen LogP contribution in [0.5, 0.6) is 0 Å². The Hall–Kier alpha value is -3.65. The molecule has 0 fully saturated rings. The van der Waals surface area contributed by atoms with Crippen molar-refractivity contribution in [1.29, 1.82) is 0 Å². The molecule has 8 heteroatoms. The standard InChI is InChI=1S/C29H35N3O4S/c1-21(2)25-15-17-26(18-16-25)32(37(35,36)27-9-7-6-8-10-27)20-28(33)31(23(4)29(34)30-5)19-24-13-11-22(3)12-14-24/h6-18,21,23H,19-20H2,1-5H3,(H,30,34)/t23-/m0/s1. The van der Waals surface area contributed by atoms with E-state index in [1.54, 1.807) is 37.3 Å². The van der Waals surface area contributed by atoms with Crippen molar-refractivity contribution in [2.75, 3.05) is 17.9 Å². The number of aryl methyl sites for hydroxylation is 1. The predicted molar refractivity (Wildman–Crippen MR) is 147 cm³/mol. The molecule has 0 aliphatic heterocycles. The molecule has 0 heterocycles. The van der Waals surface area contributed by atoms with Crippen molar-refractivity contribution in [1.82, 2.24) is 10.2 Å². The minimum atomic E-state index is -4.06.